The molecule has 0 spiro atoms. The Labute approximate surface area is 147 Å². The Morgan fingerprint density at radius 1 is 0.960 bits per heavy atom. The molecule has 0 aliphatic carbocycles. The van der Waals surface area contributed by atoms with Gasteiger partial charge in [-0.2, -0.15) is 0 Å². The number of methoxy groups -OCH3 is 2. The normalized spacial score (nSPS) is 11.2. The van der Waals surface area contributed by atoms with Crippen LogP contribution >= 0.6 is 0 Å². The van der Waals surface area contributed by atoms with Gasteiger partial charge >= 0.3 is 0 Å². The molecule has 134 valence electrons. The quantitative estimate of drug-likeness (QED) is 0.853. The van der Waals surface area contributed by atoms with Gasteiger partial charge in [-0.05, 0) is 38.1 Å². The van der Waals surface area contributed by atoms with Crippen LogP contribution in [0.15, 0.2) is 47.4 Å². The van der Waals surface area contributed by atoms with Gasteiger partial charge < -0.3 is 14.8 Å². The molecule has 2 rings (SSSR count). The van der Waals surface area contributed by atoms with Crippen molar-refractivity contribution in [2.45, 2.75) is 24.0 Å². The SMILES string of the molecule is COc1cc(NC(=O)c2ccc(S(=O)(=O)C(C)C)cc2)cc(OC)c1. The number of hydrogen-bond acceptors (Lipinski definition) is 5. The lowest BCUT2D eigenvalue weighted by Gasteiger charge is -2.11. The molecule has 1 N–H and O–H groups in total. The highest BCUT2D eigenvalue weighted by Gasteiger charge is 2.19. The van der Waals surface area contributed by atoms with Crippen molar-refractivity contribution >= 4 is 21.4 Å². The van der Waals surface area contributed by atoms with Crippen LogP contribution in [0.5, 0.6) is 11.5 Å². The fourth-order valence-electron chi connectivity index (χ4n) is 2.15. The van der Waals surface area contributed by atoms with Gasteiger partial charge in [-0.3, -0.25) is 4.79 Å². The van der Waals surface area contributed by atoms with Crippen LogP contribution < -0.4 is 14.8 Å². The van der Waals surface area contributed by atoms with E-state index >= 15 is 0 Å². The second-order valence-electron chi connectivity index (χ2n) is 5.67. The maximum Gasteiger partial charge on any atom is 0.255 e. The van der Waals surface area contributed by atoms with Crippen LogP contribution in [0.2, 0.25) is 0 Å². The molecule has 0 heterocycles. The number of sulfone groups is 1. The van der Waals surface area contributed by atoms with Gasteiger partial charge in [-0.25, -0.2) is 8.42 Å². The third kappa shape index (κ3) is 4.30. The number of nitrogens with one attached hydrogen (secondary N) is 1. The second-order valence-corrected chi connectivity index (χ2v) is 8.18. The summed E-state index contributed by atoms with van der Waals surface area (Å²) < 4.78 is 34.6. The van der Waals surface area contributed by atoms with Crippen LogP contribution in [-0.2, 0) is 9.84 Å². The van der Waals surface area contributed by atoms with Crippen molar-refractivity contribution in [3.05, 3.63) is 48.0 Å². The molecule has 6 nitrogen and oxygen atoms in total. The number of carbonyl (C=O) groups excluding carboxylic acids is 1. The molecule has 25 heavy (non-hydrogen) atoms. The molecule has 0 unspecified atom stereocenters. The molecular formula is C18H21NO5S. The molecule has 0 atom stereocenters. The highest BCUT2D eigenvalue weighted by molar-refractivity contribution is 7.92. The van der Waals surface area contributed by atoms with E-state index in [1.54, 1.807) is 32.0 Å². The van der Waals surface area contributed by atoms with Crippen molar-refractivity contribution in [2.75, 3.05) is 19.5 Å². The van der Waals surface area contributed by atoms with Crippen molar-refractivity contribution in [1.29, 1.82) is 0 Å². The fourth-order valence-corrected chi connectivity index (χ4v) is 3.21. The van der Waals surface area contributed by atoms with Crippen LogP contribution in [0.3, 0.4) is 0 Å². The van der Waals surface area contributed by atoms with Gasteiger partial charge in [0, 0.05) is 29.4 Å². The van der Waals surface area contributed by atoms with Crippen LogP contribution in [-0.4, -0.2) is 33.8 Å². The maximum absolute atomic E-state index is 12.4. The zero-order valence-electron chi connectivity index (χ0n) is 14.6. The van der Waals surface area contributed by atoms with Gasteiger partial charge in [-0.15, -0.1) is 0 Å². The molecule has 7 heteroatoms. The van der Waals surface area contributed by atoms with Gasteiger partial charge in [0.1, 0.15) is 11.5 Å². The lowest BCUT2D eigenvalue weighted by atomic mass is 10.2. The van der Waals surface area contributed by atoms with Crippen molar-refractivity contribution in [3.8, 4) is 11.5 Å². The van der Waals surface area contributed by atoms with E-state index < -0.39 is 15.1 Å². The van der Waals surface area contributed by atoms with Crippen molar-refractivity contribution < 1.29 is 22.7 Å². The predicted octanol–water partition coefficient (Wildman–Crippen LogP) is 3.14. The zero-order chi connectivity index (χ0) is 18.6. The van der Waals surface area contributed by atoms with Crippen molar-refractivity contribution in [2.24, 2.45) is 0 Å². The predicted molar refractivity (Wildman–Crippen MR) is 96.3 cm³/mol. The average Bonchev–Trinajstić information content (AvgIpc) is 2.61. The Kier molecular flexibility index (Phi) is 5.69. The van der Waals surface area contributed by atoms with Gasteiger partial charge in [0.2, 0.25) is 0 Å². The highest BCUT2D eigenvalue weighted by Crippen LogP contribution is 2.26. The zero-order valence-corrected chi connectivity index (χ0v) is 15.4. The first-order valence-corrected chi connectivity index (χ1v) is 9.21. The summed E-state index contributed by atoms with van der Waals surface area (Å²) in [5.41, 5.74) is 0.865. The molecule has 0 aromatic heterocycles. The molecule has 0 fully saturated rings. The van der Waals surface area contributed by atoms with E-state index in [9.17, 15) is 13.2 Å². The second kappa shape index (κ2) is 7.57. The highest BCUT2D eigenvalue weighted by atomic mass is 32.2. The Morgan fingerprint density at radius 3 is 1.92 bits per heavy atom. The first-order valence-electron chi connectivity index (χ1n) is 7.66. The minimum absolute atomic E-state index is 0.196. The molecule has 0 saturated carbocycles. The fraction of sp³-hybridized carbons (Fsp3) is 0.278. The molecular weight excluding hydrogens is 342 g/mol. The minimum Gasteiger partial charge on any atom is -0.497 e. The molecule has 0 saturated heterocycles. The molecule has 2 aromatic carbocycles. The summed E-state index contributed by atoms with van der Waals surface area (Å²) in [5.74, 6) is 0.741. The number of ether oxygens (including phenoxy) is 2. The monoisotopic (exact) mass is 363 g/mol. The standard InChI is InChI=1S/C18H21NO5S/c1-12(2)25(21,22)17-7-5-13(6-8-17)18(20)19-14-9-15(23-3)11-16(10-14)24-4/h5-12H,1-4H3,(H,19,20). The van der Waals surface area contributed by atoms with E-state index in [0.717, 1.165) is 0 Å². The lowest BCUT2D eigenvalue weighted by Crippen LogP contribution is -2.15. The van der Waals surface area contributed by atoms with E-state index in [2.05, 4.69) is 5.32 Å². The number of anilines is 1. The van der Waals surface area contributed by atoms with Gasteiger partial charge in [0.25, 0.3) is 5.91 Å². The lowest BCUT2D eigenvalue weighted by molar-refractivity contribution is 0.102. The Morgan fingerprint density at radius 2 is 1.48 bits per heavy atom. The third-order valence-electron chi connectivity index (χ3n) is 3.67. The Bertz CT molecular complexity index is 835. The average molecular weight is 363 g/mol. The topological polar surface area (TPSA) is 81.7 Å². The summed E-state index contributed by atoms with van der Waals surface area (Å²) in [6, 6.07) is 10.9. The number of carbonyl (C=O) groups is 1. The van der Waals surface area contributed by atoms with Gasteiger partial charge in [0.05, 0.1) is 24.4 Å². The molecule has 0 aliphatic heterocycles. The molecule has 0 aliphatic rings. The Balaban J connectivity index is 2.22. The van der Waals surface area contributed by atoms with Gasteiger partial charge in [0.15, 0.2) is 9.84 Å². The molecule has 0 bridgehead atoms. The third-order valence-corrected chi connectivity index (χ3v) is 5.85. The summed E-state index contributed by atoms with van der Waals surface area (Å²) in [6.45, 7) is 3.23. The largest absolute Gasteiger partial charge is 0.497 e. The number of benzene rings is 2. The summed E-state index contributed by atoms with van der Waals surface area (Å²) in [7, 11) is -0.317. The summed E-state index contributed by atoms with van der Waals surface area (Å²) in [5, 5.41) is 2.22. The first-order chi connectivity index (χ1) is 11.8. The number of rotatable bonds is 6. The minimum atomic E-state index is -3.36. The summed E-state index contributed by atoms with van der Waals surface area (Å²) >= 11 is 0. The molecule has 2 aromatic rings. The number of amides is 1. The summed E-state index contributed by atoms with van der Waals surface area (Å²) in [4.78, 5) is 12.6. The van der Waals surface area contributed by atoms with Crippen LogP contribution in [0.4, 0.5) is 5.69 Å². The van der Waals surface area contributed by atoms with E-state index in [1.165, 1.54) is 38.5 Å². The molecule has 1 amide bonds. The van der Waals surface area contributed by atoms with Gasteiger partial charge in [-0.1, -0.05) is 0 Å². The van der Waals surface area contributed by atoms with E-state index in [1.807, 2.05) is 0 Å². The summed E-state index contributed by atoms with van der Waals surface area (Å²) in [6.07, 6.45) is 0. The number of hydrogen-bond donors (Lipinski definition) is 1. The van der Waals surface area contributed by atoms with Crippen LogP contribution in [0, 0.1) is 0 Å². The van der Waals surface area contributed by atoms with E-state index in [4.69, 9.17) is 9.47 Å². The van der Waals surface area contributed by atoms with Crippen molar-refractivity contribution in [1.82, 2.24) is 0 Å². The van der Waals surface area contributed by atoms with E-state index in [0.29, 0.717) is 22.7 Å². The smallest absolute Gasteiger partial charge is 0.255 e. The Hall–Kier alpha value is -2.54. The molecule has 0 radical (unpaired) electrons. The van der Waals surface area contributed by atoms with Crippen LogP contribution in [0.25, 0.3) is 0 Å². The van der Waals surface area contributed by atoms with E-state index in [-0.39, 0.29) is 10.8 Å². The van der Waals surface area contributed by atoms with Crippen molar-refractivity contribution in [3.63, 3.8) is 0 Å². The first kappa shape index (κ1) is 18.8. The maximum atomic E-state index is 12.4. The van der Waals surface area contributed by atoms with Crippen LogP contribution in [0.1, 0.15) is 24.2 Å².